The van der Waals surface area contributed by atoms with Crippen LogP contribution < -0.4 is 16.0 Å². The molecule has 5 heteroatoms. The third-order valence-corrected chi connectivity index (χ3v) is 3.87. The van der Waals surface area contributed by atoms with E-state index in [4.69, 9.17) is 0 Å². The van der Waals surface area contributed by atoms with E-state index in [1.54, 1.807) is 18.2 Å². The Morgan fingerprint density at radius 2 is 1.68 bits per heavy atom. The van der Waals surface area contributed by atoms with Crippen molar-refractivity contribution in [2.45, 2.75) is 51.5 Å². The van der Waals surface area contributed by atoms with Crippen LogP contribution in [0.2, 0.25) is 0 Å². The molecule has 0 unspecified atom stereocenters. The zero-order valence-corrected chi connectivity index (χ0v) is 13.2. The maximum Gasteiger partial charge on any atom is 0.238 e. The molecule has 1 saturated carbocycles. The quantitative estimate of drug-likeness (QED) is 0.733. The van der Waals surface area contributed by atoms with Crippen molar-refractivity contribution in [1.82, 2.24) is 5.32 Å². The second-order valence-electron chi connectivity index (χ2n) is 5.88. The Bertz CT molecular complexity index is 508. The molecule has 0 aliphatic heterocycles. The minimum Gasteiger partial charge on any atom is -0.326 e. The lowest BCUT2D eigenvalue weighted by molar-refractivity contribution is -0.115. The molecule has 0 spiro atoms. The van der Waals surface area contributed by atoms with E-state index < -0.39 is 0 Å². The van der Waals surface area contributed by atoms with Crippen LogP contribution in [0.1, 0.15) is 45.4 Å². The summed E-state index contributed by atoms with van der Waals surface area (Å²) in [6.07, 6.45) is 7.42. The van der Waals surface area contributed by atoms with Gasteiger partial charge in [0, 0.05) is 24.3 Å². The average Bonchev–Trinajstić information content (AvgIpc) is 2.73. The SMILES string of the molecule is CC(=O)Nc1cccc(NC(=O)CNC2CCCCCC2)c1. The number of rotatable bonds is 5. The zero-order valence-electron chi connectivity index (χ0n) is 13.2. The van der Waals surface area contributed by atoms with E-state index in [2.05, 4.69) is 16.0 Å². The van der Waals surface area contributed by atoms with Crippen molar-refractivity contribution in [3.05, 3.63) is 24.3 Å². The highest BCUT2D eigenvalue weighted by molar-refractivity contribution is 5.94. The van der Waals surface area contributed by atoms with E-state index in [0.29, 0.717) is 24.0 Å². The van der Waals surface area contributed by atoms with E-state index >= 15 is 0 Å². The third kappa shape index (κ3) is 5.85. The molecule has 0 heterocycles. The monoisotopic (exact) mass is 303 g/mol. The topological polar surface area (TPSA) is 70.2 Å². The van der Waals surface area contributed by atoms with Crippen LogP contribution in [0.5, 0.6) is 0 Å². The highest BCUT2D eigenvalue weighted by atomic mass is 16.2. The van der Waals surface area contributed by atoms with E-state index in [0.717, 1.165) is 12.8 Å². The largest absolute Gasteiger partial charge is 0.326 e. The molecule has 1 aromatic rings. The van der Waals surface area contributed by atoms with E-state index in [-0.39, 0.29) is 11.8 Å². The highest BCUT2D eigenvalue weighted by Gasteiger charge is 2.13. The minimum atomic E-state index is -0.126. The molecule has 1 aliphatic rings. The average molecular weight is 303 g/mol. The van der Waals surface area contributed by atoms with Crippen LogP contribution >= 0.6 is 0 Å². The molecule has 1 fully saturated rings. The van der Waals surface area contributed by atoms with Crippen LogP contribution in [0.15, 0.2) is 24.3 Å². The van der Waals surface area contributed by atoms with Crippen LogP contribution in [0, 0.1) is 0 Å². The summed E-state index contributed by atoms with van der Waals surface area (Å²) in [4.78, 5) is 23.1. The van der Waals surface area contributed by atoms with Gasteiger partial charge in [-0.25, -0.2) is 0 Å². The molecule has 0 bridgehead atoms. The van der Waals surface area contributed by atoms with Gasteiger partial charge in [0.1, 0.15) is 0 Å². The fraction of sp³-hybridized carbons (Fsp3) is 0.529. The fourth-order valence-electron chi connectivity index (χ4n) is 2.80. The van der Waals surface area contributed by atoms with Crippen molar-refractivity contribution >= 4 is 23.2 Å². The Morgan fingerprint density at radius 3 is 2.32 bits per heavy atom. The van der Waals surface area contributed by atoms with Gasteiger partial charge in [-0.15, -0.1) is 0 Å². The number of carbonyl (C=O) groups excluding carboxylic acids is 2. The maximum atomic E-state index is 12.0. The van der Waals surface area contributed by atoms with Crippen LogP contribution in [0.3, 0.4) is 0 Å². The van der Waals surface area contributed by atoms with Crippen LogP contribution in [0.4, 0.5) is 11.4 Å². The Labute approximate surface area is 131 Å². The summed E-state index contributed by atoms with van der Waals surface area (Å²) in [6, 6.07) is 7.62. The molecule has 1 aliphatic carbocycles. The summed E-state index contributed by atoms with van der Waals surface area (Å²) in [6.45, 7) is 1.79. The Balaban J connectivity index is 1.79. The smallest absolute Gasteiger partial charge is 0.238 e. The van der Waals surface area contributed by atoms with E-state index in [9.17, 15) is 9.59 Å². The molecule has 0 saturated heterocycles. The summed E-state index contributed by atoms with van der Waals surface area (Å²) < 4.78 is 0. The Hall–Kier alpha value is -1.88. The van der Waals surface area contributed by atoms with Gasteiger partial charge in [0.05, 0.1) is 6.54 Å². The molecule has 22 heavy (non-hydrogen) atoms. The van der Waals surface area contributed by atoms with Crippen LogP contribution in [0.25, 0.3) is 0 Å². The van der Waals surface area contributed by atoms with Gasteiger partial charge in [-0.05, 0) is 31.0 Å². The number of nitrogens with one attached hydrogen (secondary N) is 3. The number of hydrogen-bond acceptors (Lipinski definition) is 3. The van der Waals surface area contributed by atoms with Gasteiger partial charge in [-0.1, -0.05) is 31.7 Å². The lowest BCUT2D eigenvalue weighted by Gasteiger charge is -2.16. The van der Waals surface area contributed by atoms with Crippen molar-refractivity contribution in [2.24, 2.45) is 0 Å². The van der Waals surface area contributed by atoms with Crippen LogP contribution in [-0.2, 0) is 9.59 Å². The first kappa shape index (κ1) is 16.5. The summed E-state index contributed by atoms with van der Waals surface area (Å²) in [5.74, 6) is -0.178. The molecule has 3 N–H and O–H groups in total. The number of hydrogen-bond donors (Lipinski definition) is 3. The molecular weight excluding hydrogens is 278 g/mol. The number of amides is 2. The standard InChI is InChI=1S/C17H25N3O2/c1-13(21)19-15-9-6-10-16(11-15)20-17(22)12-18-14-7-4-2-3-5-8-14/h6,9-11,14,18H,2-5,7-8,12H2,1H3,(H,19,21)(H,20,22). The Morgan fingerprint density at radius 1 is 1.05 bits per heavy atom. The first-order chi connectivity index (χ1) is 10.6. The molecule has 1 aromatic carbocycles. The predicted molar refractivity (Wildman–Crippen MR) is 88.9 cm³/mol. The number of anilines is 2. The molecule has 2 rings (SSSR count). The van der Waals surface area contributed by atoms with Gasteiger partial charge in [-0.2, -0.15) is 0 Å². The molecular formula is C17H25N3O2. The third-order valence-electron chi connectivity index (χ3n) is 3.87. The summed E-state index contributed by atoms with van der Waals surface area (Å²) >= 11 is 0. The first-order valence-corrected chi connectivity index (χ1v) is 8.04. The zero-order chi connectivity index (χ0) is 15.8. The predicted octanol–water partition coefficient (Wildman–Crippen LogP) is 2.90. The number of benzene rings is 1. The first-order valence-electron chi connectivity index (χ1n) is 8.04. The second-order valence-corrected chi connectivity index (χ2v) is 5.88. The lowest BCUT2D eigenvalue weighted by Crippen LogP contribution is -2.35. The van der Waals surface area contributed by atoms with Crippen LogP contribution in [-0.4, -0.2) is 24.4 Å². The van der Waals surface area contributed by atoms with Gasteiger partial charge < -0.3 is 16.0 Å². The van der Waals surface area contributed by atoms with Crippen molar-refractivity contribution in [3.63, 3.8) is 0 Å². The molecule has 0 aromatic heterocycles. The molecule has 120 valence electrons. The lowest BCUT2D eigenvalue weighted by atomic mass is 10.1. The summed E-state index contributed by atoms with van der Waals surface area (Å²) in [5.41, 5.74) is 1.38. The second kappa shape index (κ2) is 8.54. The van der Waals surface area contributed by atoms with E-state index in [1.807, 2.05) is 6.07 Å². The normalized spacial score (nSPS) is 15.9. The fourth-order valence-corrected chi connectivity index (χ4v) is 2.80. The molecule has 2 amide bonds. The summed E-state index contributed by atoms with van der Waals surface area (Å²) in [5, 5.41) is 8.91. The molecule has 0 atom stereocenters. The van der Waals surface area contributed by atoms with Gasteiger partial charge >= 0.3 is 0 Å². The van der Waals surface area contributed by atoms with Crippen molar-refractivity contribution in [3.8, 4) is 0 Å². The minimum absolute atomic E-state index is 0.0516. The summed E-state index contributed by atoms with van der Waals surface area (Å²) in [7, 11) is 0. The van der Waals surface area contributed by atoms with Crippen molar-refractivity contribution in [2.75, 3.05) is 17.2 Å². The van der Waals surface area contributed by atoms with E-state index in [1.165, 1.54) is 32.6 Å². The van der Waals surface area contributed by atoms with Gasteiger partial charge in [0.2, 0.25) is 11.8 Å². The molecule has 5 nitrogen and oxygen atoms in total. The van der Waals surface area contributed by atoms with Gasteiger partial charge in [0.25, 0.3) is 0 Å². The van der Waals surface area contributed by atoms with Gasteiger partial charge in [-0.3, -0.25) is 9.59 Å². The van der Waals surface area contributed by atoms with Crippen molar-refractivity contribution < 1.29 is 9.59 Å². The number of carbonyl (C=O) groups is 2. The maximum absolute atomic E-state index is 12.0. The highest BCUT2D eigenvalue weighted by Crippen LogP contribution is 2.17. The van der Waals surface area contributed by atoms with Gasteiger partial charge in [0.15, 0.2) is 0 Å². The van der Waals surface area contributed by atoms with Crippen molar-refractivity contribution in [1.29, 1.82) is 0 Å². The Kier molecular flexibility index (Phi) is 6.40. The molecule has 0 radical (unpaired) electrons.